The van der Waals surface area contributed by atoms with E-state index in [0.717, 1.165) is 191 Å². The molecular formula is C104H132F2N20O4S. The monoisotopic (exact) mass is 1800 g/mol. The second-order valence-corrected chi connectivity index (χ2v) is 36.3. The van der Waals surface area contributed by atoms with Gasteiger partial charge in [-0.15, -0.1) is 0 Å². The summed E-state index contributed by atoms with van der Waals surface area (Å²) in [6, 6.07) is 68.8. The molecule has 10 N–H and O–H groups in total. The van der Waals surface area contributed by atoms with Crippen LogP contribution in [0.2, 0.25) is 0 Å². The van der Waals surface area contributed by atoms with Gasteiger partial charge in [-0.05, 0) is 253 Å². The number of sulfonamides is 1. The van der Waals surface area contributed by atoms with Crippen molar-refractivity contribution in [1.29, 1.82) is 0 Å². The zero-order valence-electron chi connectivity index (χ0n) is 76.2. The average molecular weight is 1800 g/mol. The maximum Gasteiger partial charge on any atom is 0.223 e. The number of hydrogen-bond acceptors (Lipinski definition) is 23. The summed E-state index contributed by atoms with van der Waals surface area (Å²) < 4.78 is 53.1. The highest BCUT2D eigenvalue weighted by Gasteiger charge is 2.27. The maximum absolute atomic E-state index is 13.3. The van der Waals surface area contributed by atoms with E-state index in [1.165, 1.54) is 64.6 Å². The van der Waals surface area contributed by atoms with Crippen molar-refractivity contribution >= 4 is 33.8 Å². The first-order valence-corrected chi connectivity index (χ1v) is 47.8. The molecule has 0 bridgehead atoms. The van der Waals surface area contributed by atoms with Crippen LogP contribution in [0.25, 0.3) is 45.0 Å². The predicted octanol–water partition coefficient (Wildman–Crippen LogP) is 16.6. The van der Waals surface area contributed by atoms with Crippen LogP contribution in [0.5, 0.6) is 11.5 Å². The Bertz CT molecular complexity index is 5650. The Kier molecular flexibility index (Phi) is 37.7. The van der Waals surface area contributed by atoms with Gasteiger partial charge in [-0.25, -0.2) is 57.1 Å². The molecule has 0 saturated carbocycles. The summed E-state index contributed by atoms with van der Waals surface area (Å²) >= 11 is 0. The highest BCUT2D eigenvalue weighted by molar-refractivity contribution is 7.88. The van der Waals surface area contributed by atoms with Gasteiger partial charge in [-0.2, -0.15) is 4.31 Å². The van der Waals surface area contributed by atoms with Crippen molar-refractivity contribution in [3.05, 3.63) is 298 Å². The van der Waals surface area contributed by atoms with Gasteiger partial charge < -0.3 is 52.7 Å². The molecule has 4 saturated heterocycles. The van der Waals surface area contributed by atoms with Crippen LogP contribution in [0.1, 0.15) is 123 Å². The van der Waals surface area contributed by atoms with Crippen molar-refractivity contribution in [3.63, 3.8) is 0 Å². The third kappa shape index (κ3) is 31.3. The Hall–Kier alpha value is -11.6. The molecule has 0 aliphatic carbocycles. The molecule has 0 radical (unpaired) electrons. The van der Waals surface area contributed by atoms with Crippen LogP contribution < -0.4 is 42.5 Å². The lowest BCUT2D eigenvalue weighted by molar-refractivity contribution is 0.139. The number of nitrogens with zero attached hydrogens (tertiary/aromatic N) is 12. The van der Waals surface area contributed by atoms with Crippen LogP contribution in [-0.2, 0) is 61.9 Å². The number of piperazine rings is 1. The maximum atomic E-state index is 13.3. The van der Waals surface area contributed by atoms with Crippen molar-refractivity contribution < 1.29 is 27.4 Å². The number of benzene rings is 8. The molecule has 8 aromatic carbocycles. The largest absolute Gasteiger partial charge is 0.508 e. The summed E-state index contributed by atoms with van der Waals surface area (Å²) in [4.78, 5) is 43.8. The molecule has 12 aromatic rings. The van der Waals surface area contributed by atoms with Gasteiger partial charge in [0.15, 0.2) is 0 Å². The summed E-state index contributed by atoms with van der Waals surface area (Å²) in [6.45, 7) is 29.1. The van der Waals surface area contributed by atoms with Gasteiger partial charge in [-0.1, -0.05) is 142 Å². The number of rotatable bonds is 36. The highest BCUT2D eigenvalue weighted by atomic mass is 32.2. The lowest BCUT2D eigenvalue weighted by Crippen LogP contribution is -2.53. The SMILES string of the molecule is C.CCN(Cc1cccc(-c2ccnc(NCCc3cc(F)cc(F)c3)n2)c1)C1CCNC1.CCN(Cc1cccc(-c2ccnc(NCCc3cccc(C)c3)n2)c1)C1CCNC1.CS(=O)(=O)N(CC[C@H]1CCCN1)Cc1cccc(-c2ccnc(NCCc3ccc(O)cc3)n2)c1.Cc1ccc(CN2C[C@H](C)NC[C@@H]2C)cc1-c1ccnc(NCCc2cccc(O)c2)n1. The van der Waals surface area contributed by atoms with E-state index >= 15 is 0 Å². The quantitative estimate of drug-likeness (QED) is 0.0175. The van der Waals surface area contributed by atoms with Gasteiger partial charge in [0.05, 0.1) is 29.0 Å². The fourth-order valence-electron chi connectivity index (χ4n) is 17.0. The average Bonchev–Trinajstić information content (AvgIpc) is 1.38. The van der Waals surface area contributed by atoms with Gasteiger partial charge in [0.1, 0.15) is 23.1 Å². The Morgan fingerprint density at radius 1 is 0.466 bits per heavy atom. The van der Waals surface area contributed by atoms with E-state index in [0.29, 0.717) is 104 Å². The molecular weight excluding hydrogens is 1660 g/mol. The fraction of sp³-hybridized carbons (Fsp3) is 0.385. The van der Waals surface area contributed by atoms with E-state index < -0.39 is 21.7 Å². The molecule has 0 amide bonds. The lowest BCUT2D eigenvalue weighted by atomic mass is 10.0. The Morgan fingerprint density at radius 3 is 1.41 bits per heavy atom. The Balaban J connectivity index is 0.000000158. The van der Waals surface area contributed by atoms with Crippen molar-refractivity contribution in [2.75, 3.05) is 119 Å². The van der Waals surface area contributed by atoms with Crippen LogP contribution in [0, 0.1) is 25.5 Å². The van der Waals surface area contributed by atoms with E-state index in [2.05, 4.69) is 220 Å². The van der Waals surface area contributed by atoms with E-state index in [1.807, 2.05) is 85.2 Å². The standard InChI is InChI=1S/C26H33N5O3S.C26H33N5O.C26H33N5.C25H29F2N5.CH4/c1-35(33,34)31(17-13-23-6-3-14-27-23)19-21-4-2-5-22(18-21)25-12-16-29-26(30-25)28-15-11-20-7-9-24(32)10-8-20;1-18-7-8-22(17-31-16-19(2)29-15-20(31)3)14-24(18)25-10-12-28-26(30-25)27-11-9-21-5-4-6-23(32)13-21;1-3-31(24-11-13-27-18-24)19-22-8-5-9-23(17-22)25-12-15-29-26(30-25)28-14-10-21-7-4-6-20(2)16-21;1-2-32(23-7-9-28-16-23)17-19-4-3-5-20(12-19)24-8-11-30-25(31-24)29-10-6-18-13-21(26)15-22(27)14-18;/h2,4-5,7-10,12,16,18,23,27,32H,3,6,11,13-15,17,19H2,1H3,(H,28,29,30);4-8,10,12-14,19-20,29,32H,9,11,15-17H2,1-3H3,(H,27,28,30);4-9,12,15-17,24,27H,3,10-11,13-14,18-19H2,1-2H3,(H,28,29,30);3-5,8,11-15,23,28H,2,6-7,9-10,16-17H2,1H3,(H,29,30,31);1H4/t23-;19-,20-;;;/m10.../s1. The molecule has 692 valence electrons. The number of aromatic nitrogens is 8. The number of hydrogen-bond donors (Lipinski definition) is 10. The number of aryl methyl sites for hydroxylation is 2. The van der Waals surface area contributed by atoms with E-state index in [9.17, 15) is 27.4 Å². The lowest BCUT2D eigenvalue weighted by Gasteiger charge is -2.37. The normalized spacial score (nSPS) is 16.6. The number of halogens is 2. The minimum atomic E-state index is -3.32. The molecule has 4 aromatic heterocycles. The van der Waals surface area contributed by atoms with Crippen LogP contribution in [0.4, 0.5) is 32.6 Å². The van der Waals surface area contributed by atoms with E-state index in [4.69, 9.17) is 9.97 Å². The predicted molar refractivity (Wildman–Crippen MR) is 527 cm³/mol. The third-order valence-corrected chi connectivity index (χ3v) is 25.4. The second-order valence-electron chi connectivity index (χ2n) is 34.3. The van der Waals surface area contributed by atoms with Crippen molar-refractivity contribution in [1.82, 2.24) is 80.1 Å². The topological polar surface area (TPSA) is 287 Å². The Morgan fingerprint density at radius 2 is 0.931 bits per heavy atom. The van der Waals surface area contributed by atoms with Crippen LogP contribution in [0.3, 0.4) is 0 Å². The minimum absolute atomic E-state index is 0. The highest BCUT2D eigenvalue weighted by Crippen LogP contribution is 2.30. The number of phenols is 2. The summed E-state index contributed by atoms with van der Waals surface area (Å²) in [7, 11) is -3.32. The van der Waals surface area contributed by atoms with Crippen LogP contribution in [-0.4, -0.2) is 206 Å². The molecule has 27 heteroatoms. The van der Waals surface area contributed by atoms with Crippen molar-refractivity contribution in [2.45, 2.75) is 163 Å². The Labute approximate surface area is 774 Å². The molecule has 24 nitrogen and oxygen atoms in total. The first-order valence-electron chi connectivity index (χ1n) is 45.9. The molecule has 0 spiro atoms. The summed E-state index contributed by atoms with van der Waals surface area (Å²) in [6.07, 6.45) is 16.9. The second kappa shape index (κ2) is 50.1. The van der Waals surface area contributed by atoms with Crippen molar-refractivity contribution in [2.24, 2.45) is 0 Å². The number of nitrogens with one attached hydrogen (secondary N) is 8. The summed E-state index contributed by atoms with van der Waals surface area (Å²) in [5.74, 6) is 1.75. The first kappa shape index (κ1) is 98.4. The van der Waals surface area contributed by atoms with Crippen LogP contribution >= 0.6 is 0 Å². The number of likely N-dealkylation sites (N-methyl/N-ethyl adjacent to an activating group) is 2. The molecule has 5 atom stereocenters. The molecule has 8 heterocycles. The smallest absolute Gasteiger partial charge is 0.223 e. The van der Waals surface area contributed by atoms with Crippen molar-refractivity contribution in [3.8, 4) is 56.5 Å². The van der Waals surface area contributed by atoms with Crippen LogP contribution in [0.15, 0.2) is 231 Å². The summed E-state index contributed by atoms with van der Waals surface area (Å²) in [5, 5.41) is 46.0. The molecule has 4 fully saturated rings. The first-order chi connectivity index (χ1) is 63.1. The fourth-order valence-corrected chi connectivity index (χ4v) is 17.8. The van der Waals surface area contributed by atoms with Gasteiger partial charge >= 0.3 is 0 Å². The zero-order valence-corrected chi connectivity index (χ0v) is 77.0. The van der Waals surface area contributed by atoms with Gasteiger partial charge in [0, 0.05) is 168 Å². The van der Waals surface area contributed by atoms with Gasteiger partial charge in [0.2, 0.25) is 33.8 Å². The van der Waals surface area contributed by atoms with Gasteiger partial charge in [-0.3, -0.25) is 14.7 Å². The zero-order chi connectivity index (χ0) is 91.0. The summed E-state index contributed by atoms with van der Waals surface area (Å²) in [5.41, 5.74) is 19.2. The minimum Gasteiger partial charge on any atom is -0.508 e. The van der Waals surface area contributed by atoms with Gasteiger partial charge in [0.25, 0.3) is 0 Å². The number of aromatic hydroxyl groups is 2. The number of phenolic OH excluding ortho intramolecular Hbond substituents is 2. The van der Waals surface area contributed by atoms with E-state index in [-0.39, 0.29) is 13.2 Å². The van der Waals surface area contributed by atoms with E-state index in [1.54, 1.807) is 41.0 Å². The number of anilines is 4. The molecule has 16 rings (SSSR count). The third-order valence-electron chi connectivity index (χ3n) is 24.2. The molecule has 2 unspecified atom stereocenters. The molecule has 4 aliphatic heterocycles. The molecule has 131 heavy (non-hydrogen) atoms. The molecule has 4 aliphatic rings.